The lowest BCUT2D eigenvalue weighted by Gasteiger charge is -2.19. The van der Waals surface area contributed by atoms with Gasteiger partial charge in [0.05, 0.1) is 0 Å². The lowest BCUT2D eigenvalue weighted by atomic mass is 9.89. The Balaban J connectivity index is 1.82. The van der Waals surface area contributed by atoms with E-state index in [1.54, 1.807) is 0 Å². The van der Waals surface area contributed by atoms with Crippen LogP contribution in [-0.4, -0.2) is 18.2 Å². The molecule has 0 aliphatic heterocycles. The van der Waals surface area contributed by atoms with Gasteiger partial charge in [-0.25, -0.2) is 5.43 Å². The summed E-state index contributed by atoms with van der Waals surface area (Å²) in [6.45, 7) is 6.19. The van der Waals surface area contributed by atoms with Crippen LogP contribution in [0.1, 0.15) is 43.7 Å². The zero-order chi connectivity index (χ0) is 15.2. The van der Waals surface area contributed by atoms with Crippen molar-refractivity contribution in [3.05, 3.63) is 29.3 Å². The maximum absolute atomic E-state index is 11.8. The molecule has 2 rings (SSSR count). The summed E-state index contributed by atoms with van der Waals surface area (Å²) in [7, 11) is 0. The molecule has 0 spiro atoms. The number of nitrogens with one attached hydrogen (secondary N) is 1. The Hall–Kier alpha value is -1.84. The van der Waals surface area contributed by atoms with Crippen molar-refractivity contribution in [1.82, 2.24) is 5.43 Å². The highest BCUT2D eigenvalue weighted by molar-refractivity contribution is 5.87. The van der Waals surface area contributed by atoms with Crippen molar-refractivity contribution in [1.29, 1.82) is 0 Å². The quantitative estimate of drug-likeness (QED) is 0.864. The van der Waals surface area contributed by atoms with Crippen molar-refractivity contribution in [2.75, 3.05) is 6.61 Å². The number of carbonyl (C=O) groups is 1. The molecule has 0 aromatic heterocycles. The van der Waals surface area contributed by atoms with E-state index in [1.165, 1.54) is 6.42 Å². The van der Waals surface area contributed by atoms with Gasteiger partial charge in [0.1, 0.15) is 5.75 Å². The van der Waals surface area contributed by atoms with E-state index in [2.05, 4.69) is 17.5 Å². The molecule has 1 aliphatic carbocycles. The molecule has 1 amide bonds. The first-order valence-corrected chi connectivity index (χ1v) is 7.59. The summed E-state index contributed by atoms with van der Waals surface area (Å²) in [5.74, 6) is 1.21. The number of rotatable bonds is 4. The van der Waals surface area contributed by atoms with Crippen molar-refractivity contribution in [2.24, 2.45) is 11.0 Å². The van der Waals surface area contributed by atoms with Crippen LogP contribution in [-0.2, 0) is 4.79 Å². The molecule has 1 fully saturated rings. The van der Waals surface area contributed by atoms with Gasteiger partial charge in [-0.2, -0.15) is 5.10 Å². The Morgan fingerprint density at radius 3 is 3.00 bits per heavy atom. The molecule has 1 aromatic rings. The highest BCUT2D eigenvalue weighted by Crippen LogP contribution is 2.21. The van der Waals surface area contributed by atoms with E-state index >= 15 is 0 Å². The predicted octanol–water partition coefficient (Wildman–Crippen LogP) is 3.36. The maximum atomic E-state index is 11.8. The molecular formula is C17H24N2O2. The normalized spacial score (nSPS) is 20.3. The number of hydrazone groups is 1. The Morgan fingerprint density at radius 2 is 2.24 bits per heavy atom. The Bertz CT molecular complexity index is 538. The molecule has 21 heavy (non-hydrogen) atoms. The summed E-state index contributed by atoms with van der Waals surface area (Å²) < 4.78 is 5.56. The molecule has 4 heteroatoms. The summed E-state index contributed by atoms with van der Waals surface area (Å²) in [4.78, 5) is 11.8. The van der Waals surface area contributed by atoms with E-state index in [9.17, 15) is 4.79 Å². The number of amides is 1. The number of benzene rings is 1. The predicted molar refractivity (Wildman–Crippen MR) is 84.6 cm³/mol. The number of ether oxygens (including phenoxy) is 1. The van der Waals surface area contributed by atoms with E-state index in [4.69, 9.17) is 4.74 Å². The van der Waals surface area contributed by atoms with E-state index < -0.39 is 0 Å². The highest BCUT2D eigenvalue weighted by Gasteiger charge is 2.14. The number of nitrogens with zero attached hydrogens (tertiary/aromatic N) is 1. The number of hydrogen-bond donors (Lipinski definition) is 1. The van der Waals surface area contributed by atoms with E-state index in [-0.39, 0.29) is 12.5 Å². The van der Waals surface area contributed by atoms with Crippen molar-refractivity contribution in [3.63, 3.8) is 0 Å². The summed E-state index contributed by atoms with van der Waals surface area (Å²) in [6, 6.07) is 5.96. The molecule has 1 atom stereocenters. The van der Waals surface area contributed by atoms with Gasteiger partial charge in [0.25, 0.3) is 5.91 Å². The summed E-state index contributed by atoms with van der Waals surface area (Å²) >= 11 is 0. The molecule has 0 bridgehead atoms. The second-order valence-electron chi connectivity index (χ2n) is 5.97. The first-order valence-electron chi connectivity index (χ1n) is 7.59. The molecular weight excluding hydrogens is 264 g/mol. The van der Waals surface area contributed by atoms with Crippen molar-refractivity contribution in [2.45, 2.75) is 46.5 Å². The van der Waals surface area contributed by atoms with Gasteiger partial charge in [0, 0.05) is 5.71 Å². The molecule has 1 N–H and O–H groups in total. The molecule has 1 saturated carbocycles. The van der Waals surface area contributed by atoms with Crippen LogP contribution in [0.2, 0.25) is 0 Å². The molecule has 0 radical (unpaired) electrons. The second-order valence-corrected chi connectivity index (χ2v) is 5.97. The monoisotopic (exact) mass is 288 g/mol. The van der Waals surface area contributed by atoms with E-state index in [0.29, 0.717) is 5.92 Å². The van der Waals surface area contributed by atoms with Crippen LogP contribution in [0.4, 0.5) is 0 Å². The van der Waals surface area contributed by atoms with Gasteiger partial charge in [0.2, 0.25) is 0 Å². The minimum Gasteiger partial charge on any atom is -0.483 e. The lowest BCUT2D eigenvalue weighted by molar-refractivity contribution is -0.123. The topological polar surface area (TPSA) is 50.7 Å². The molecule has 114 valence electrons. The SMILES string of the molecule is Cc1ccc(C)c(OCC(=O)N/N=C2/CCCC(C)C2)c1. The van der Waals surface area contributed by atoms with Gasteiger partial charge >= 0.3 is 0 Å². The summed E-state index contributed by atoms with van der Waals surface area (Å²) in [5, 5.41) is 4.22. The molecule has 1 aliphatic rings. The van der Waals surface area contributed by atoms with Crippen LogP contribution in [0.25, 0.3) is 0 Å². The van der Waals surface area contributed by atoms with E-state index in [0.717, 1.165) is 41.9 Å². The van der Waals surface area contributed by atoms with Crippen LogP contribution in [0.5, 0.6) is 5.75 Å². The Labute approximate surface area is 126 Å². The summed E-state index contributed by atoms with van der Waals surface area (Å²) in [5.41, 5.74) is 5.84. The third-order valence-corrected chi connectivity index (χ3v) is 3.79. The zero-order valence-corrected chi connectivity index (χ0v) is 13.1. The van der Waals surface area contributed by atoms with Gasteiger partial charge in [-0.05, 0) is 62.6 Å². The van der Waals surface area contributed by atoms with Gasteiger partial charge < -0.3 is 4.74 Å². The maximum Gasteiger partial charge on any atom is 0.277 e. The largest absolute Gasteiger partial charge is 0.483 e. The lowest BCUT2D eigenvalue weighted by Crippen LogP contribution is -2.27. The minimum absolute atomic E-state index is 0.00335. The average Bonchev–Trinajstić information content (AvgIpc) is 2.46. The van der Waals surface area contributed by atoms with Crippen LogP contribution >= 0.6 is 0 Å². The van der Waals surface area contributed by atoms with E-state index in [1.807, 2.05) is 32.0 Å². The van der Waals surface area contributed by atoms with Crippen molar-refractivity contribution in [3.8, 4) is 5.75 Å². The van der Waals surface area contributed by atoms with Gasteiger partial charge in [-0.15, -0.1) is 0 Å². The highest BCUT2D eigenvalue weighted by atomic mass is 16.5. The molecule has 1 aromatic carbocycles. The Morgan fingerprint density at radius 1 is 1.43 bits per heavy atom. The van der Waals surface area contributed by atoms with Crippen LogP contribution < -0.4 is 10.2 Å². The first-order chi connectivity index (χ1) is 10.0. The van der Waals surface area contributed by atoms with Gasteiger partial charge in [0.15, 0.2) is 6.61 Å². The first kappa shape index (κ1) is 15.5. The van der Waals surface area contributed by atoms with Gasteiger partial charge in [-0.3, -0.25) is 4.79 Å². The molecule has 4 nitrogen and oxygen atoms in total. The Kier molecular flexibility index (Phi) is 5.37. The van der Waals surface area contributed by atoms with Crippen molar-refractivity contribution >= 4 is 11.6 Å². The third kappa shape index (κ3) is 4.88. The fraction of sp³-hybridized carbons (Fsp3) is 0.529. The number of hydrogen-bond acceptors (Lipinski definition) is 3. The standard InChI is InChI=1S/C17H24N2O2/c1-12-5-4-6-15(9-12)18-19-17(20)11-21-16-10-13(2)7-8-14(16)3/h7-8,10,12H,4-6,9,11H2,1-3H3,(H,19,20)/b18-15-. The van der Waals surface area contributed by atoms with Crippen molar-refractivity contribution < 1.29 is 9.53 Å². The second kappa shape index (κ2) is 7.25. The smallest absolute Gasteiger partial charge is 0.277 e. The minimum atomic E-state index is -0.207. The zero-order valence-electron chi connectivity index (χ0n) is 13.1. The number of carbonyl (C=O) groups excluding carboxylic acids is 1. The summed E-state index contributed by atoms with van der Waals surface area (Å²) in [6.07, 6.45) is 4.39. The van der Waals surface area contributed by atoms with Crippen LogP contribution in [0, 0.1) is 19.8 Å². The average molecular weight is 288 g/mol. The number of aryl methyl sites for hydroxylation is 2. The fourth-order valence-electron chi connectivity index (χ4n) is 2.54. The van der Waals surface area contributed by atoms with Gasteiger partial charge in [-0.1, -0.05) is 19.1 Å². The van der Waals surface area contributed by atoms with Crippen LogP contribution in [0.3, 0.4) is 0 Å². The molecule has 0 heterocycles. The molecule has 1 unspecified atom stereocenters. The van der Waals surface area contributed by atoms with Crippen LogP contribution in [0.15, 0.2) is 23.3 Å². The molecule has 0 saturated heterocycles. The fourth-order valence-corrected chi connectivity index (χ4v) is 2.54. The third-order valence-electron chi connectivity index (χ3n) is 3.79.